The van der Waals surface area contributed by atoms with Gasteiger partial charge < -0.3 is 5.11 Å². The first-order valence-electron chi connectivity index (χ1n) is 5.62. The van der Waals surface area contributed by atoms with Gasteiger partial charge in [0.2, 0.25) is 5.91 Å². The molecule has 0 unspecified atom stereocenters. The van der Waals surface area contributed by atoms with Crippen molar-refractivity contribution in [3.8, 4) is 5.75 Å². The fourth-order valence-corrected chi connectivity index (χ4v) is 1.23. The molecule has 94 valence electrons. The molecule has 0 aromatic heterocycles. The highest BCUT2D eigenvalue weighted by molar-refractivity contribution is 5.75. The number of aromatic hydroxyl groups is 1. The molecule has 0 spiro atoms. The van der Waals surface area contributed by atoms with Crippen LogP contribution in [0.25, 0.3) is 0 Å². The molecule has 0 aliphatic carbocycles. The molecule has 0 atom stereocenters. The summed E-state index contributed by atoms with van der Waals surface area (Å²) < 4.78 is 0. The van der Waals surface area contributed by atoms with Crippen LogP contribution in [0.15, 0.2) is 24.3 Å². The summed E-state index contributed by atoms with van der Waals surface area (Å²) in [6, 6.07) is 6.99. The molecular formula is C13H19NO3. The fourth-order valence-electron chi connectivity index (χ4n) is 1.23. The Balaban J connectivity index is 2.36. The van der Waals surface area contributed by atoms with Gasteiger partial charge >= 0.3 is 0 Å². The van der Waals surface area contributed by atoms with E-state index in [1.165, 1.54) is 0 Å². The van der Waals surface area contributed by atoms with E-state index in [-0.39, 0.29) is 18.1 Å². The smallest absolute Gasteiger partial charge is 0.243 e. The van der Waals surface area contributed by atoms with Gasteiger partial charge in [-0.1, -0.05) is 18.2 Å². The average molecular weight is 237 g/mol. The van der Waals surface area contributed by atoms with E-state index < -0.39 is 5.60 Å². The van der Waals surface area contributed by atoms with Crippen LogP contribution >= 0.6 is 0 Å². The summed E-state index contributed by atoms with van der Waals surface area (Å²) in [6.07, 6.45) is 0.777. The Morgan fingerprint density at radius 1 is 1.35 bits per heavy atom. The van der Waals surface area contributed by atoms with E-state index in [1.54, 1.807) is 18.2 Å². The van der Waals surface area contributed by atoms with Gasteiger partial charge in [0.1, 0.15) is 5.75 Å². The Kier molecular flexibility index (Phi) is 4.52. The Labute approximate surface area is 102 Å². The van der Waals surface area contributed by atoms with E-state index in [2.05, 4.69) is 5.48 Å². The van der Waals surface area contributed by atoms with E-state index in [0.717, 1.165) is 5.56 Å². The molecule has 0 bridgehead atoms. The molecule has 0 aliphatic rings. The van der Waals surface area contributed by atoms with Crippen molar-refractivity contribution in [3.05, 3.63) is 29.8 Å². The molecule has 2 N–H and O–H groups in total. The first-order valence-corrected chi connectivity index (χ1v) is 5.62. The first-order chi connectivity index (χ1) is 7.88. The minimum Gasteiger partial charge on any atom is -0.508 e. The number of para-hydroxylation sites is 1. The highest BCUT2D eigenvalue weighted by Gasteiger charge is 2.13. The van der Waals surface area contributed by atoms with E-state index in [4.69, 9.17) is 4.84 Å². The lowest BCUT2D eigenvalue weighted by molar-refractivity contribution is -0.145. The predicted octanol–water partition coefficient (Wildman–Crippen LogP) is 2.17. The Morgan fingerprint density at radius 2 is 2.00 bits per heavy atom. The molecule has 4 heteroatoms. The first kappa shape index (κ1) is 13.5. The third-order valence-electron chi connectivity index (χ3n) is 2.08. The van der Waals surface area contributed by atoms with Crippen molar-refractivity contribution in [3.63, 3.8) is 0 Å². The number of benzene rings is 1. The van der Waals surface area contributed by atoms with Gasteiger partial charge in [-0.25, -0.2) is 5.48 Å². The number of carbonyl (C=O) groups excluding carboxylic acids is 1. The number of phenolic OH excluding ortho intramolecular Hbond substituents is 1. The quantitative estimate of drug-likeness (QED) is 0.789. The number of hydrogen-bond acceptors (Lipinski definition) is 3. The summed E-state index contributed by atoms with van der Waals surface area (Å²) in [6.45, 7) is 5.57. The van der Waals surface area contributed by atoms with Crippen LogP contribution in [0, 0.1) is 0 Å². The van der Waals surface area contributed by atoms with Crippen molar-refractivity contribution in [2.45, 2.75) is 39.2 Å². The molecule has 0 aliphatic heterocycles. The number of nitrogens with one attached hydrogen (secondary N) is 1. The zero-order valence-corrected chi connectivity index (χ0v) is 10.5. The SMILES string of the molecule is CC(C)(C)ONC(=O)CCc1ccccc1O. The van der Waals surface area contributed by atoms with Crippen LogP contribution < -0.4 is 5.48 Å². The number of phenols is 1. The highest BCUT2D eigenvalue weighted by atomic mass is 16.7. The van der Waals surface area contributed by atoms with Crippen molar-refractivity contribution in [1.29, 1.82) is 0 Å². The van der Waals surface area contributed by atoms with Crippen molar-refractivity contribution < 1.29 is 14.7 Å². The second kappa shape index (κ2) is 5.68. The zero-order valence-electron chi connectivity index (χ0n) is 10.5. The van der Waals surface area contributed by atoms with E-state index in [1.807, 2.05) is 26.8 Å². The van der Waals surface area contributed by atoms with Gasteiger partial charge in [-0.3, -0.25) is 9.63 Å². The van der Waals surface area contributed by atoms with Crippen LogP contribution in [0.5, 0.6) is 5.75 Å². The lowest BCUT2D eigenvalue weighted by Crippen LogP contribution is -2.33. The third kappa shape index (κ3) is 5.36. The van der Waals surface area contributed by atoms with Gasteiger partial charge in [-0.2, -0.15) is 0 Å². The van der Waals surface area contributed by atoms with Crippen LogP contribution in [0.2, 0.25) is 0 Å². The van der Waals surface area contributed by atoms with E-state index >= 15 is 0 Å². The van der Waals surface area contributed by atoms with Crippen LogP contribution in [-0.2, 0) is 16.1 Å². The summed E-state index contributed by atoms with van der Waals surface area (Å²) in [4.78, 5) is 16.6. The summed E-state index contributed by atoms with van der Waals surface area (Å²) in [7, 11) is 0. The average Bonchev–Trinajstić information content (AvgIpc) is 2.24. The number of aryl methyl sites for hydroxylation is 1. The van der Waals surface area contributed by atoms with Gasteiger partial charge in [0.25, 0.3) is 0 Å². The largest absolute Gasteiger partial charge is 0.508 e. The third-order valence-corrected chi connectivity index (χ3v) is 2.08. The molecule has 0 fully saturated rings. The standard InChI is InChI=1S/C13H19NO3/c1-13(2,3)17-14-12(16)9-8-10-6-4-5-7-11(10)15/h4-7,15H,8-9H2,1-3H3,(H,14,16). The van der Waals surface area contributed by atoms with Gasteiger partial charge in [-0.15, -0.1) is 0 Å². The van der Waals surface area contributed by atoms with Crippen LogP contribution in [0.3, 0.4) is 0 Å². The molecule has 0 saturated carbocycles. The minimum absolute atomic E-state index is 0.192. The molecule has 1 aromatic carbocycles. The Bertz CT molecular complexity index is 382. The minimum atomic E-state index is -0.398. The van der Waals surface area contributed by atoms with Gasteiger partial charge in [0.05, 0.1) is 5.60 Å². The Hall–Kier alpha value is -1.55. The maximum Gasteiger partial charge on any atom is 0.243 e. The molecule has 0 saturated heterocycles. The monoisotopic (exact) mass is 237 g/mol. The van der Waals surface area contributed by atoms with Crippen molar-refractivity contribution in [2.24, 2.45) is 0 Å². The number of rotatable bonds is 4. The molecule has 1 aromatic rings. The van der Waals surface area contributed by atoms with Gasteiger partial charge in [-0.05, 0) is 38.8 Å². The maximum atomic E-state index is 11.5. The highest BCUT2D eigenvalue weighted by Crippen LogP contribution is 2.17. The molecule has 0 heterocycles. The number of hydroxylamine groups is 1. The molecule has 1 amide bonds. The topological polar surface area (TPSA) is 58.6 Å². The Morgan fingerprint density at radius 3 is 2.59 bits per heavy atom. The molecule has 1 rings (SSSR count). The summed E-state index contributed by atoms with van der Waals surface area (Å²) in [5.41, 5.74) is 2.76. The normalized spacial score (nSPS) is 11.2. The lowest BCUT2D eigenvalue weighted by atomic mass is 10.1. The van der Waals surface area contributed by atoms with Crippen LogP contribution in [0.4, 0.5) is 0 Å². The summed E-state index contributed by atoms with van der Waals surface area (Å²) >= 11 is 0. The zero-order chi connectivity index (χ0) is 12.9. The predicted molar refractivity (Wildman–Crippen MR) is 65.4 cm³/mol. The molecule has 0 radical (unpaired) electrons. The number of hydrogen-bond donors (Lipinski definition) is 2. The maximum absolute atomic E-state index is 11.5. The van der Waals surface area contributed by atoms with E-state index in [9.17, 15) is 9.90 Å². The number of carbonyl (C=O) groups is 1. The number of amides is 1. The lowest BCUT2D eigenvalue weighted by Gasteiger charge is -2.18. The van der Waals surface area contributed by atoms with Crippen LogP contribution in [-0.4, -0.2) is 16.6 Å². The van der Waals surface area contributed by atoms with Gasteiger partial charge in [0, 0.05) is 6.42 Å². The van der Waals surface area contributed by atoms with Gasteiger partial charge in [0.15, 0.2) is 0 Å². The van der Waals surface area contributed by atoms with Crippen molar-refractivity contribution >= 4 is 5.91 Å². The van der Waals surface area contributed by atoms with Crippen molar-refractivity contribution in [1.82, 2.24) is 5.48 Å². The van der Waals surface area contributed by atoms with Crippen molar-refractivity contribution in [2.75, 3.05) is 0 Å². The summed E-state index contributed by atoms with van der Waals surface area (Å²) in [5.74, 6) is 0.0280. The van der Waals surface area contributed by atoms with Crippen LogP contribution in [0.1, 0.15) is 32.8 Å². The second-order valence-electron chi connectivity index (χ2n) is 4.87. The van der Waals surface area contributed by atoms with E-state index in [0.29, 0.717) is 6.42 Å². The second-order valence-corrected chi connectivity index (χ2v) is 4.87. The fraction of sp³-hybridized carbons (Fsp3) is 0.462. The molecule has 17 heavy (non-hydrogen) atoms. The molecule has 4 nitrogen and oxygen atoms in total. The summed E-state index contributed by atoms with van der Waals surface area (Å²) in [5, 5.41) is 9.52. The molecular weight excluding hydrogens is 218 g/mol.